The molecule has 0 unspecified atom stereocenters. The highest BCUT2D eigenvalue weighted by molar-refractivity contribution is 6.31. The highest BCUT2D eigenvalue weighted by Crippen LogP contribution is 2.22. The van der Waals surface area contributed by atoms with Gasteiger partial charge in [0.15, 0.2) is 0 Å². The van der Waals surface area contributed by atoms with Crippen molar-refractivity contribution in [3.63, 3.8) is 0 Å². The highest BCUT2D eigenvalue weighted by atomic mass is 35.5. The third-order valence-corrected chi connectivity index (χ3v) is 3.79. The van der Waals surface area contributed by atoms with Crippen LogP contribution in [0.1, 0.15) is 19.4 Å². The van der Waals surface area contributed by atoms with Gasteiger partial charge in [-0.25, -0.2) is 4.39 Å². The van der Waals surface area contributed by atoms with Crippen LogP contribution in [0, 0.1) is 5.82 Å². The second-order valence-electron chi connectivity index (χ2n) is 4.54. The van der Waals surface area contributed by atoms with Crippen molar-refractivity contribution in [2.75, 3.05) is 12.9 Å². The van der Waals surface area contributed by atoms with E-state index in [4.69, 9.17) is 23.2 Å². The molecule has 1 nitrogen and oxygen atoms in total. The molecule has 0 amide bonds. The standard InChI is InChI=1S/C12H16Cl2FN/c1-12(2,8-13)16(3)7-9-4-5-10(15)6-11(9)14/h4-6H,7-8H2,1-3H3. The molecule has 0 N–H and O–H groups in total. The number of alkyl halides is 1. The Bertz CT molecular complexity index is 366. The number of rotatable bonds is 4. The van der Waals surface area contributed by atoms with Crippen LogP contribution in [0.3, 0.4) is 0 Å². The Morgan fingerprint density at radius 3 is 2.50 bits per heavy atom. The van der Waals surface area contributed by atoms with Crippen molar-refractivity contribution in [3.05, 3.63) is 34.6 Å². The van der Waals surface area contributed by atoms with E-state index in [2.05, 4.69) is 18.7 Å². The van der Waals surface area contributed by atoms with E-state index in [-0.39, 0.29) is 11.4 Å². The van der Waals surface area contributed by atoms with Crippen LogP contribution < -0.4 is 0 Å². The lowest BCUT2D eigenvalue weighted by Crippen LogP contribution is -2.42. The number of hydrogen-bond donors (Lipinski definition) is 0. The molecule has 0 bridgehead atoms. The van der Waals surface area contributed by atoms with Gasteiger partial charge in [-0.1, -0.05) is 17.7 Å². The Labute approximate surface area is 106 Å². The molecule has 0 aliphatic rings. The van der Waals surface area contributed by atoms with Gasteiger partial charge in [-0.3, -0.25) is 4.90 Å². The van der Waals surface area contributed by atoms with Gasteiger partial charge in [0, 0.05) is 23.0 Å². The van der Waals surface area contributed by atoms with Crippen molar-refractivity contribution in [2.24, 2.45) is 0 Å². The van der Waals surface area contributed by atoms with Crippen LogP contribution in [-0.4, -0.2) is 23.4 Å². The van der Waals surface area contributed by atoms with Crippen LogP contribution in [0.2, 0.25) is 5.02 Å². The molecule has 0 heterocycles. The van der Waals surface area contributed by atoms with Crippen LogP contribution in [0.5, 0.6) is 0 Å². The molecule has 0 aliphatic heterocycles. The van der Waals surface area contributed by atoms with Gasteiger partial charge >= 0.3 is 0 Å². The molecular weight excluding hydrogens is 248 g/mol. The van der Waals surface area contributed by atoms with Crippen molar-refractivity contribution in [3.8, 4) is 0 Å². The maximum atomic E-state index is 12.9. The number of nitrogens with zero attached hydrogens (tertiary/aromatic N) is 1. The Kier molecular flexibility index (Phi) is 4.60. The van der Waals surface area contributed by atoms with Crippen molar-refractivity contribution < 1.29 is 4.39 Å². The van der Waals surface area contributed by atoms with Gasteiger partial charge in [-0.2, -0.15) is 0 Å². The summed E-state index contributed by atoms with van der Waals surface area (Å²) in [5.41, 5.74) is 0.794. The monoisotopic (exact) mass is 263 g/mol. The summed E-state index contributed by atoms with van der Waals surface area (Å²) in [6.07, 6.45) is 0. The van der Waals surface area contributed by atoms with Gasteiger partial charge in [-0.15, -0.1) is 11.6 Å². The van der Waals surface area contributed by atoms with Gasteiger partial charge in [0.25, 0.3) is 0 Å². The largest absolute Gasteiger partial charge is 0.296 e. The summed E-state index contributed by atoms with van der Waals surface area (Å²) < 4.78 is 12.9. The van der Waals surface area contributed by atoms with E-state index >= 15 is 0 Å². The van der Waals surface area contributed by atoms with E-state index in [9.17, 15) is 4.39 Å². The molecule has 4 heteroatoms. The van der Waals surface area contributed by atoms with Gasteiger partial charge in [0.05, 0.1) is 0 Å². The average molecular weight is 264 g/mol. The minimum atomic E-state index is -0.312. The summed E-state index contributed by atoms with van der Waals surface area (Å²) in [5.74, 6) is 0.218. The van der Waals surface area contributed by atoms with E-state index in [0.717, 1.165) is 5.56 Å². The molecule has 1 rings (SSSR count). The molecular formula is C12H16Cl2FN. The lowest BCUT2D eigenvalue weighted by atomic mass is 10.1. The second kappa shape index (κ2) is 5.35. The van der Waals surface area contributed by atoms with Crippen LogP contribution in [0.4, 0.5) is 4.39 Å². The normalized spacial score (nSPS) is 12.2. The zero-order valence-electron chi connectivity index (χ0n) is 9.73. The Morgan fingerprint density at radius 1 is 1.38 bits per heavy atom. The predicted molar refractivity (Wildman–Crippen MR) is 67.7 cm³/mol. The molecule has 0 aromatic heterocycles. The van der Waals surface area contributed by atoms with E-state index in [0.29, 0.717) is 17.4 Å². The van der Waals surface area contributed by atoms with E-state index in [1.54, 1.807) is 6.07 Å². The molecule has 0 spiro atoms. The lowest BCUT2D eigenvalue weighted by Gasteiger charge is -2.34. The maximum absolute atomic E-state index is 12.9. The van der Waals surface area contributed by atoms with Gasteiger partial charge in [-0.05, 0) is 38.6 Å². The third-order valence-electron chi connectivity index (χ3n) is 2.78. The zero-order valence-corrected chi connectivity index (χ0v) is 11.2. The van der Waals surface area contributed by atoms with Crippen molar-refractivity contribution in [1.29, 1.82) is 0 Å². The molecule has 1 aromatic rings. The summed E-state index contributed by atoms with van der Waals surface area (Å²) in [7, 11) is 1.97. The third kappa shape index (κ3) is 3.34. The molecule has 90 valence electrons. The lowest BCUT2D eigenvalue weighted by molar-refractivity contribution is 0.171. The summed E-state index contributed by atoms with van der Waals surface area (Å²) in [4.78, 5) is 2.10. The van der Waals surface area contributed by atoms with Crippen LogP contribution in [-0.2, 0) is 6.54 Å². The summed E-state index contributed by atoms with van der Waals surface area (Å²) in [6, 6.07) is 4.46. The fourth-order valence-electron chi connectivity index (χ4n) is 1.22. The number of hydrogen-bond acceptors (Lipinski definition) is 1. The quantitative estimate of drug-likeness (QED) is 0.745. The van der Waals surface area contributed by atoms with Crippen LogP contribution >= 0.6 is 23.2 Å². The molecule has 0 fully saturated rings. The van der Waals surface area contributed by atoms with Gasteiger partial charge < -0.3 is 0 Å². The van der Waals surface area contributed by atoms with Crippen LogP contribution in [0.15, 0.2) is 18.2 Å². The Morgan fingerprint density at radius 2 is 2.00 bits per heavy atom. The van der Waals surface area contributed by atoms with Gasteiger partial charge in [0.1, 0.15) is 5.82 Å². The maximum Gasteiger partial charge on any atom is 0.124 e. The zero-order chi connectivity index (χ0) is 12.3. The second-order valence-corrected chi connectivity index (χ2v) is 5.21. The minimum Gasteiger partial charge on any atom is -0.296 e. The fraction of sp³-hybridized carbons (Fsp3) is 0.500. The molecule has 0 radical (unpaired) electrons. The highest BCUT2D eigenvalue weighted by Gasteiger charge is 2.22. The smallest absolute Gasteiger partial charge is 0.124 e. The first-order chi connectivity index (χ1) is 7.36. The van der Waals surface area contributed by atoms with Gasteiger partial charge in [0.2, 0.25) is 0 Å². The summed E-state index contributed by atoms with van der Waals surface area (Å²) in [5, 5.41) is 0.456. The SMILES string of the molecule is CN(Cc1ccc(F)cc1Cl)C(C)(C)CCl. The molecule has 0 saturated heterocycles. The molecule has 1 aromatic carbocycles. The molecule has 0 atom stereocenters. The molecule has 0 aliphatic carbocycles. The number of halogens is 3. The molecule has 16 heavy (non-hydrogen) atoms. The molecule has 0 saturated carbocycles. The average Bonchev–Trinajstić information content (AvgIpc) is 2.22. The first-order valence-electron chi connectivity index (χ1n) is 5.08. The summed E-state index contributed by atoms with van der Waals surface area (Å²) >= 11 is 11.9. The van der Waals surface area contributed by atoms with Crippen molar-refractivity contribution in [2.45, 2.75) is 25.9 Å². The summed E-state index contributed by atoms with van der Waals surface area (Å²) in [6.45, 7) is 4.76. The van der Waals surface area contributed by atoms with E-state index in [1.165, 1.54) is 12.1 Å². The van der Waals surface area contributed by atoms with Crippen molar-refractivity contribution in [1.82, 2.24) is 4.90 Å². The van der Waals surface area contributed by atoms with E-state index in [1.807, 2.05) is 7.05 Å². The number of benzene rings is 1. The minimum absolute atomic E-state index is 0.112. The fourth-order valence-corrected chi connectivity index (χ4v) is 1.65. The Balaban J connectivity index is 2.81. The van der Waals surface area contributed by atoms with E-state index < -0.39 is 0 Å². The van der Waals surface area contributed by atoms with Crippen LogP contribution in [0.25, 0.3) is 0 Å². The first kappa shape index (κ1) is 13.8. The Hall–Kier alpha value is -0.310. The topological polar surface area (TPSA) is 3.24 Å². The predicted octanol–water partition coefficient (Wildman–Crippen LogP) is 3.93. The van der Waals surface area contributed by atoms with Crippen molar-refractivity contribution >= 4 is 23.2 Å². The first-order valence-corrected chi connectivity index (χ1v) is 5.99.